The van der Waals surface area contributed by atoms with E-state index < -0.39 is 0 Å². The maximum atomic E-state index is 11.3. The first-order valence-electron chi connectivity index (χ1n) is 6.57. The minimum atomic E-state index is -0.161. The first-order chi connectivity index (χ1) is 10.1. The maximum Gasteiger partial charge on any atom is 0.251 e. The van der Waals surface area contributed by atoms with Crippen molar-refractivity contribution in [1.29, 1.82) is 0 Å². The molecule has 0 spiro atoms. The monoisotopic (exact) mass is 309 g/mol. The number of aromatic nitrogens is 4. The summed E-state index contributed by atoms with van der Waals surface area (Å²) < 4.78 is 6.82. The first-order valence-corrected chi connectivity index (χ1v) is 7.38. The van der Waals surface area contributed by atoms with E-state index in [2.05, 4.69) is 20.4 Å². The van der Waals surface area contributed by atoms with Gasteiger partial charge in [0.05, 0.1) is 12.3 Å². The number of aromatic amines is 1. The molecular formula is C13H19N5O2S. The second-order valence-electron chi connectivity index (χ2n) is 4.50. The molecule has 2 aromatic rings. The van der Waals surface area contributed by atoms with E-state index in [1.54, 1.807) is 11.8 Å². The summed E-state index contributed by atoms with van der Waals surface area (Å²) in [5, 5.41) is 9.27. The summed E-state index contributed by atoms with van der Waals surface area (Å²) >= 11 is 1.40. The summed E-state index contributed by atoms with van der Waals surface area (Å²) in [5.41, 5.74) is 1.90. The van der Waals surface area contributed by atoms with Crippen LogP contribution in [0.5, 0.6) is 0 Å². The molecule has 2 N–H and O–H groups in total. The van der Waals surface area contributed by atoms with Crippen LogP contribution in [0.25, 0.3) is 0 Å². The molecule has 7 nitrogen and oxygen atoms in total. The van der Waals surface area contributed by atoms with Crippen molar-refractivity contribution in [3.63, 3.8) is 0 Å². The normalized spacial score (nSPS) is 11.0. The Bertz CT molecular complexity index is 652. The van der Waals surface area contributed by atoms with Crippen LogP contribution in [0, 0.1) is 6.92 Å². The Morgan fingerprint density at radius 2 is 2.33 bits per heavy atom. The second-order valence-corrected chi connectivity index (χ2v) is 5.48. The van der Waals surface area contributed by atoms with Gasteiger partial charge in [-0.25, -0.2) is 4.98 Å². The molecule has 0 aliphatic heterocycles. The third kappa shape index (κ3) is 4.16. The van der Waals surface area contributed by atoms with Gasteiger partial charge in [0.25, 0.3) is 5.56 Å². The number of nitrogens with one attached hydrogen (secondary N) is 2. The van der Waals surface area contributed by atoms with Crippen molar-refractivity contribution in [1.82, 2.24) is 25.1 Å². The minimum Gasteiger partial charge on any atom is -0.383 e. The molecule has 0 bridgehead atoms. The lowest BCUT2D eigenvalue weighted by atomic mass is 10.2. The van der Waals surface area contributed by atoms with E-state index in [0.717, 1.165) is 22.8 Å². The largest absolute Gasteiger partial charge is 0.383 e. The van der Waals surface area contributed by atoms with E-state index in [0.29, 0.717) is 18.3 Å². The van der Waals surface area contributed by atoms with Gasteiger partial charge in [0.2, 0.25) is 0 Å². The smallest absolute Gasteiger partial charge is 0.251 e. The summed E-state index contributed by atoms with van der Waals surface area (Å²) in [7, 11) is 3.56. The molecule has 0 aromatic carbocycles. The first kappa shape index (κ1) is 15.7. The molecule has 0 aliphatic rings. The molecule has 0 amide bonds. The molecule has 21 heavy (non-hydrogen) atoms. The predicted octanol–water partition coefficient (Wildman–Crippen LogP) is 0.699. The molecule has 0 radical (unpaired) electrons. The van der Waals surface area contributed by atoms with Crippen LogP contribution in [0.3, 0.4) is 0 Å². The Morgan fingerprint density at radius 3 is 3.05 bits per heavy atom. The highest BCUT2D eigenvalue weighted by Gasteiger charge is 2.15. The molecule has 114 valence electrons. The lowest BCUT2D eigenvalue weighted by molar-refractivity contribution is 0.199. The molecular weight excluding hydrogens is 290 g/mol. The molecule has 0 fully saturated rings. The van der Waals surface area contributed by atoms with Crippen LogP contribution in [0.15, 0.2) is 27.2 Å². The highest BCUT2D eigenvalue weighted by Crippen LogP contribution is 2.28. The number of methoxy groups -OCH3 is 1. The second kappa shape index (κ2) is 7.39. The van der Waals surface area contributed by atoms with Crippen LogP contribution >= 0.6 is 11.8 Å². The van der Waals surface area contributed by atoms with Gasteiger partial charge < -0.3 is 15.0 Å². The van der Waals surface area contributed by atoms with Crippen molar-refractivity contribution in [2.75, 3.05) is 20.3 Å². The minimum absolute atomic E-state index is 0.161. The molecule has 0 atom stereocenters. The van der Waals surface area contributed by atoms with E-state index in [1.807, 2.05) is 14.0 Å². The van der Waals surface area contributed by atoms with Crippen molar-refractivity contribution < 1.29 is 4.74 Å². The summed E-state index contributed by atoms with van der Waals surface area (Å²) in [6, 6.07) is 1.39. The quantitative estimate of drug-likeness (QED) is 0.578. The maximum absolute atomic E-state index is 11.3. The molecule has 0 unspecified atom stereocenters. The van der Waals surface area contributed by atoms with Gasteiger partial charge >= 0.3 is 0 Å². The van der Waals surface area contributed by atoms with Crippen LogP contribution in [0.1, 0.15) is 11.3 Å². The highest BCUT2D eigenvalue weighted by atomic mass is 32.2. The fourth-order valence-corrected chi connectivity index (χ4v) is 2.86. The lowest BCUT2D eigenvalue weighted by Gasteiger charge is -2.07. The van der Waals surface area contributed by atoms with Crippen LogP contribution < -0.4 is 10.9 Å². The SMILES string of the molecule is COCCNCc1c(C)nn(C)c1Sc1nccc(=O)[nH]1. The van der Waals surface area contributed by atoms with Crippen molar-refractivity contribution in [3.8, 4) is 0 Å². The highest BCUT2D eigenvalue weighted by molar-refractivity contribution is 7.99. The van der Waals surface area contributed by atoms with Crippen LogP contribution in [0.2, 0.25) is 0 Å². The third-order valence-corrected chi connectivity index (χ3v) is 4.02. The van der Waals surface area contributed by atoms with E-state index in [9.17, 15) is 4.79 Å². The van der Waals surface area contributed by atoms with Gasteiger partial charge in [-0.3, -0.25) is 9.48 Å². The fraction of sp³-hybridized carbons (Fsp3) is 0.462. The van der Waals surface area contributed by atoms with Crippen molar-refractivity contribution in [2.45, 2.75) is 23.7 Å². The topological polar surface area (TPSA) is 84.8 Å². The number of ether oxygens (including phenoxy) is 1. The third-order valence-electron chi connectivity index (χ3n) is 2.91. The molecule has 2 heterocycles. The molecule has 0 saturated heterocycles. The van der Waals surface area contributed by atoms with Crippen molar-refractivity contribution in [3.05, 3.63) is 33.9 Å². The van der Waals surface area contributed by atoms with Gasteiger partial charge in [-0.15, -0.1) is 0 Å². The average Bonchev–Trinajstić information content (AvgIpc) is 2.70. The zero-order valence-corrected chi connectivity index (χ0v) is 13.2. The van der Waals surface area contributed by atoms with E-state index in [-0.39, 0.29) is 5.56 Å². The van der Waals surface area contributed by atoms with Crippen LogP contribution in [-0.4, -0.2) is 40.0 Å². The number of H-pyrrole nitrogens is 1. The number of aryl methyl sites for hydroxylation is 2. The summed E-state index contributed by atoms with van der Waals surface area (Å²) in [4.78, 5) is 18.2. The van der Waals surface area contributed by atoms with Gasteiger partial charge in [0.15, 0.2) is 5.16 Å². The number of rotatable bonds is 7. The van der Waals surface area contributed by atoms with Gasteiger partial charge in [-0.2, -0.15) is 5.10 Å². The molecule has 8 heteroatoms. The average molecular weight is 309 g/mol. The molecule has 2 aromatic heterocycles. The predicted molar refractivity (Wildman–Crippen MR) is 80.5 cm³/mol. The molecule has 0 aliphatic carbocycles. The zero-order chi connectivity index (χ0) is 15.2. The van der Waals surface area contributed by atoms with Gasteiger partial charge in [-0.1, -0.05) is 0 Å². The van der Waals surface area contributed by atoms with Crippen molar-refractivity contribution in [2.24, 2.45) is 7.05 Å². The Labute approximate surface area is 127 Å². The molecule has 0 saturated carbocycles. The summed E-state index contributed by atoms with van der Waals surface area (Å²) in [6.45, 7) is 4.10. The summed E-state index contributed by atoms with van der Waals surface area (Å²) in [6.07, 6.45) is 1.50. The van der Waals surface area contributed by atoms with Gasteiger partial charge in [-0.05, 0) is 18.7 Å². The molecule has 2 rings (SSSR count). The number of hydrogen-bond donors (Lipinski definition) is 2. The number of hydrogen-bond acceptors (Lipinski definition) is 6. The Hall–Kier alpha value is -1.64. The number of nitrogens with zero attached hydrogens (tertiary/aromatic N) is 3. The van der Waals surface area contributed by atoms with Crippen molar-refractivity contribution >= 4 is 11.8 Å². The van der Waals surface area contributed by atoms with Crippen LogP contribution in [0.4, 0.5) is 0 Å². The van der Waals surface area contributed by atoms with E-state index >= 15 is 0 Å². The van der Waals surface area contributed by atoms with E-state index in [1.165, 1.54) is 24.0 Å². The summed E-state index contributed by atoms with van der Waals surface area (Å²) in [5.74, 6) is 0. The fourth-order valence-electron chi connectivity index (χ4n) is 1.90. The van der Waals surface area contributed by atoms with Crippen LogP contribution in [-0.2, 0) is 18.3 Å². The Morgan fingerprint density at radius 1 is 1.52 bits per heavy atom. The van der Waals surface area contributed by atoms with E-state index in [4.69, 9.17) is 4.74 Å². The zero-order valence-electron chi connectivity index (χ0n) is 12.3. The lowest BCUT2D eigenvalue weighted by Crippen LogP contribution is -2.19. The van der Waals surface area contributed by atoms with Gasteiger partial charge in [0, 0.05) is 45.1 Å². The standard InChI is InChI=1S/C13H19N5O2S/c1-9-10(8-14-6-7-20-3)12(18(2)17-9)21-13-15-5-4-11(19)16-13/h4-5,14H,6-8H2,1-3H3,(H,15,16,19). The van der Waals surface area contributed by atoms with Gasteiger partial charge in [0.1, 0.15) is 5.03 Å². The Balaban J connectivity index is 2.16. The Kier molecular flexibility index (Phi) is 5.54.